The van der Waals surface area contributed by atoms with E-state index in [1.54, 1.807) is 36.0 Å². The van der Waals surface area contributed by atoms with Gasteiger partial charge in [-0.2, -0.15) is 0 Å². The molecule has 8 heteroatoms. The fourth-order valence-corrected chi connectivity index (χ4v) is 12.8. The van der Waals surface area contributed by atoms with Gasteiger partial charge < -0.3 is 0 Å². The van der Waals surface area contributed by atoms with E-state index in [0.717, 1.165) is 48.8 Å². The summed E-state index contributed by atoms with van der Waals surface area (Å²) in [6.07, 6.45) is 0. The molecule has 2 aliphatic heterocycles. The van der Waals surface area contributed by atoms with Gasteiger partial charge in [-0.25, -0.2) is 9.97 Å². The second-order valence-corrected chi connectivity index (χ2v) is 17.9. The van der Waals surface area contributed by atoms with Crippen LogP contribution in [-0.2, 0) is 5.41 Å². The van der Waals surface area contributed by atoms with Crippen molar-refractivity contribution in [1.82, 2.24) is 27.9 Å². The van der Waals surface area contributed by atoms with Gasteiger partial charge in [-0.1, -0.05) is 127 Å². The summed E-state index contributed by atoms with van der Waals surface area (Å²) in [5, 5.41) is 0. The molecule has 6 heterocycles. The molecule has 0 atom stereocenters. The molecule has 0 amide bonds. The molecule has 0 saturated heterocycles. The molecule has 0 saturated carbocycles. The van der Waals surface area contributed by atoms with Crippen molar-refractivity contribution in [2.24, 2.45) is 0 Å². The molecule has 0 fully saturated rings. The third-order valence-electron chi connectivity index (χ3n) is 12.7. The molecule has 0 N–H and O–H groups in total. The van der Waals surface area contributed by atoms with Gasteiger partial charge in [-0.05, 0) is 114 Å². The highest BCUT2D eigenvalue weighted by Gasteiger charge is 2.49. The van der Waals surface area contributed by atoms with Crippen LogP contribution < -0.4 is 0 Å². The number of aromatic nitrogens is 6. The van der Waals surface area contributed by atoms with Crippen LogP contribution in [0.1, 0.15) is 41.6 Å². The summed E-state index contributed by atoms with van der Waals surface area (Å²) >= 11 is 3.57. The quantitative estimate of drug-likeness (QED) is 0.174. The van der Waals surface area contributed by atoms with E-state index in [9.17, 15) is 0 Å². The fourth-order valence-electron chi connectivity index (χ4n) is 10.3. The summed E-state index contributed by atoms with van der Waals surface area (Å²) in [6.45, 7) is -4.77. The number of fused-ring (bicyclic) bond motifs is 18. The van der Waals surface area contributed by atoms with Crippen molar-refractivity contribution in [3.63, 3.8) is 0 Å². The Kier molecular flexibility index (Phi) is 5.63. The molecule has 0 aliphatic carbocycles. The van der Waals surface area contributed by atoms with Gasteiger partial charge >= 0.3 is 0 Å². The van der Waals surface area contributed by atoms with E-state index < -0.39 is 19.1 Å². The van der Waals surface area contributed by atoms with Gasteiger partial charge in [0.1, 0.15) is 0 Å². The zero-order valence-corrected chi connectivity index (χ0v) is 33.8. The second-order valence-electron chi connectivity index (χ2n) is 15.8. The molecule has 288 valence electrons. The Labute approximate surface area is 367 Å². The third kappa shape index (κ3) is 4.25. The molecule has 2 aliphatic rings. The lowest BCUT2D eigenvalue weighted by Crippen LogP contribution is -2.37. The van der Waals surface area contributed by atoms with E-state index in [2.05, 4.69) is 123 Å². The molecule has 4 aromatic heterocycles. The molecular formula is C53H34N6S2. The molecule has 61 heavy (non-hydrogen) atoms. The van der Waals surface area contributed by atoms with Crippen LogP contribution in [0.5, 0.6) is 0 Å². The standard InChI is InChI=1S/C53H34N6S2/c1-31-14-11-22-41-48(31)54-51-56(38-20-6-7-21-39(38)57(41)51)33-28-29-40-44(30-33)59-42-23-12-15-32(2)49(42)55-52(59)58(40)43-24-13-19-37-50(43)61-47-27-10-5-18-36(47)53(37)34-16-3-8-25-45(34)60-46-26-9-4-17-35(46)53/h3-30H,1-2H3/i1D3,2D3. The molecule has 8 aromatic carbocycles. The van der Waals surface area contributed by atoms with E-state index in [-0.39, 0.29) is 11.1 Å². The predicted molar refractivity (Wildman–Crippen MR) is 249 cm³/mol. The number of hydrogen-bond acceptors (Lipinski definition) is 4. The van der Waals surface area contributed by atoms with Crippen molar-refractivity contribution in [2.75, 3.05) is 0 Å². The SMILES string of the molecule is [2H]C([2H])([2H])c1cccc2c1nc1n(-c3ccc4c(c3)n3c5cccc(C([2H])([2H])[2H])c5nc3n4-c3cccc4c3Sc3ccccc3C43c4ccccc4Sc4ccccc43)c3ccccc3n21. The number of hydrogen-bond donors (Lipinski definition) is 0. The molecule has 1 spiro atoms. The molecule has 0 radical (unpaired) electrons. The Morgan fingerprint density at radius 1 is 0.443 bits per heavy atom. The minimum Gasteiger partial charge on any atom is -0.278 e. The summed E-state index contributed by atoms with van der Waals surface area (Å²) < 4.78 is 59.2. The van der Waals surface area contributed by atoms with Gasteiger partial charge in [0.15, 0.2) is 0 Å². The van der Waals surface area contributed by atoms with Gasteiger partial charge in [0.25, 0.3) is 0 Å². The molecule has 0 bridgehead atoms. The summed E-state index contributed by atoms with van der Waals surface area (Å²) in [5.74, 6) is 1.16. The highest BCUT2D eigenvalue weighted by molar-refractivity contribution is 8.00. The molecule has 6 nitrogen and oxygen atoms in total. The van der Waals surface area contributed by atoms with Gasteiger partial charge in [0.2, 0.25) is 11.6 Å². The van der Waals surface area contributed by atoms with E-state index in [1.807, 2.05) is 52.6 Å². The lowest BCUT2D eigenvalue weighted by Gasteiger charge is -2.45. The smallest absolute Gasteiger partial charge is 0.220 e. The molecule has 14 rings (SSSR count). The largest absolute Gasteiger partial charge is 0.278 e. The van der Waals surface area contributed by atoms with Gasteiger partial charge in [0, 0.05) is 27.8 Å². The lowest BCUT2D eigenvalue weighted by molar-refractivity contribution is 0.665. The number of aryl methyl sites for hydroxylation is 2. The maximum Gasteiger partial charge on any atom is 0.220 e. The van der Waals surface area contributed by atoms with Gasteiger partial charge in [-0.15, -0.1) is 0 Å². The van der Waals surface area contributed by atoms with Crippen LogP contribution in [0, 0.1) is 13.7 Å². The van der Waals surface area contributed by atoms with Crippen LogP contribution in [0.25, 0.3) is 67.1 Å². The van der Waals surface area contributed by atoms with Crippen molar-refractivity contribution in [3.8, 4) is 11.4 Å². The van der Waals surface area contributed by atoms with Crippen LogP contribution in [0.3, 0.4) is 0 Å². The monoisotopic (exact) mass is 824 g/mol. The predicted octanol–water partition coefficient (Wildman–Crippen LogP) is 13.1. The van der Waals surface area contributed by atoms with Crippen LogP contribution in [-0.4, -0.2) is 27.9 Å². The summed E-state index contributed by atoms with van der Waals surface area (Å²) in [6, 6.07) is 57.9. The maximum atomic E-state index is 8.59. The normalized spacial score (nSPS) is 15.9. The van der Waals surface area contributed by atoms with Crippen LogP contribution in [0.4, 0.5) is 0 Å². The maximum absolute atomic E-state index is 8.59. The second kappa shape index (κ2) is 12.1. The first kappa shape index (κ1) is 28.5. The summed E-state index contributed by atoms with van der Waals surface area (Å²) in [5.41, 5.74) is 12.0. The van der Waals surface area contributed by atoms with E-state index in [0.29, 0.717) is 33.6 Å². The van der Waals surface area contributed by atoms with Crippen LogP contribution in [0.15, 0.2) is 189 Å². The highest BCUT2D eigenvalue weighted by Crippen LogP contribution is 2.62. The summed E-state index contributed by atoms with van der Waals surface area (Å²) in [7, 11) is 0. The zero-order valence-electron chi connectivity index (χ0n) is 38.2. The van der Waals surface area contributed by atoms with E-state index in [4.69, 9.17) is 18.2 Å². The minimum atomic E-state index is -2.41. The fraction of sp³-hybridized carbons (Fsp3) is 0.0566. The topological polar surface area (TPSA) is 44.5 Å². The average molecular weight is 825 g/mol. The number of para-hydroxylation sites is 4. The number of nitrogens with zero attached hydrogens (tertiary/aromatic N) is 6. The van der Waals surface area contributed by atoms with Crippen molar-refractivity contribution in [1.29, 1.82) is 0 Å². The van der Waals surface area contributed by atoms with Crippen molar-refractivity contribution in [3.05, 3.63) is 203 Å². The van der Waals surface area contributed by atoms with Crippen molar-refractivity contribution in [2.45, 2.75) is 38.7 Å². The Hall–Kier alpha value is -7.00. The molecular weight excluding hydrogens is 785 g/mol. The average Bonchev–Trinajstić information content (AvgIpc) is 4.07. The number of benzene rings is 8. The Balaban J connectivity index is 1.10. The lowest BCUT2D eigenvalue weighted by atomic mass is 9.64. The van der Waals surface area contributed by atoms with Gasteiger partial charge in [-0.3, -0.25) is 17.9 Å². The first-order valence-electron chi connectivity index (χ1n) is 23.2. The third-order valence-corrected chi connectivity index (χ3v) is 15.1. The van der Waals surface area contributed by atoms with Crippen LogP contribution >= 0.6 is 23.5 Å². The van der Waals surface area contributed by atoms with E-state index >= 15 is 0 Å². The first-order valence-corrected chi connectivity index (χ1v) is 21.8. The van der Waals surface area contributed by atoms with Crippen LogP contribution in [0.2, 0.25) is 0 Å². The Bertz CT molecular complexity index is 4050. The number of rotatable bonds is 2. The summed E-state index contributed by atoms with van der Waals surface area (Å²) in [4.78, 5) is 15.0. The number of imidazole rings is 4. The Morgan fingerprint density at radius 2 is 0.951 bits per heavy atom. The van der Waals surface area contributed by atoms with Crippen molar-refractivity contribution < 1.29 is 8.22 Å². The molecule has 0 unspecified atom stereocenters. The van der Waals surface area contributed by atoms with Gasteiger partial charge in [0.05, 0.1) is 60.9 Å². The zero-order chi connectivity index (χ0) is 45.1. The molecule has 12 aromatic rings. The van der Waals surface area contributed by atoms with E-state index in [1.165, 1.54) is 26.5 Å². The Morgan fingerprint density at radius 3 is 1.61 bits per heavy atom. The van der Waals surface area contributed by atoms with Crippen molar-refractivity contribution >= 4 is 79.2 Å². The first-order chi connectivity index (χ1) is 32.5. The minimum absolute atomic E-state index is 0.182. The highest BCUT2D eigenvalue weighted by atomic mass is 32.2.